The number of benzene rings is 2. The third-order valence-electron chi connectivity index (χ3n) is 2.94. The maximum absolute atomic E-state index is 12.8. The zero-order valence-electron chi connectivity index (χ0n) is 10.7. The minimum Gasteiger partial charge on any atom is -0.486 e. The molecule has 1 aliphatic rings. The van der Waals surface area contributed by atoms with Gasteiger partial charge >= 0.3 is 0 Å². The number of hydrogen-bond donors (Lipinski definition) is 2. The van der Waals surface area contributed by atoms with E-state index in [0.717, 1.165) is 5.69 Å². The molecule has 0 bridgehead atoms. The highest BCUT2D eigenvalue weighted by Gasteiger charge is 2.12. The second-order valence-corrected chi connectivity index (χ2v) is 4.37. The van der Waals surface area contributed by atoms with Crippen LogP contribution >= 0.6 is 0 Å². The van der Waals surface area contributed by atoms with E-state index >= 15 is 0 Å². The summed E-state index contributed by atoms with van der Waals surface area (Å²) in [5.41, 5.74) is 1.34. The molecule has 2 N–H and O–H groups in total. The van der Waals surface area contributed by atoms with Crippen molar-refractivity contribution < 1.29 is 13.9 Å². The van der Waals surface area contributed by atoms with Gasteiger partial charge in [0.25, 0.3) is 0 Å². The van der Waals surface area contributed by atoms with Crippen molar-refractivity contribution in [3.05, 3.63) is 53.8 Å². The molecule has 102 valence electrons. The fourth-order valence-electron chi connectivity index (χ4n) is 1.95. The predicted octanol–water partition coefficient (Wildman–Crippen LogP) is 3.03. The molecule has 0 fully saturated rings. The Labute approximate surface area is 115 Å². The van der Waals surface area contributed by atoms with Gasteiger partial charge in [-0.3, -0.25) is 5.41 Å². The Morgan fingerprint density at radius 2 is 1.70 bits per heavy atom. The lowest BCUT2D eigenvalue weighted by atomic mass is 10.2. The summed E-state index contributed by atoms with van der Waals surface area (Å²) in [6, 6.07) is 11.2. The Bertz CT molecular complexity index is 641. The lowest BCUT2D eigenvalue weighted by Crippen LogP contribution is -2.16. The summed E-state index contributed by atoms with van der Waals surface area (Å²) in [6.07, 6.45) is 0. The first kappa shape index (κ1) is 12.5. The van der Waals surface area contributed by atoms with Crippen LogP contribution in [0.1, 0.15) is 5.56 Å². The third-order valence-corrected chi connectivity index (χ3v) is 2.94. The Balaban J connectivity index is 1.77. The standard InChI is InChI=1S/C15H13FN2O2/c16-11-3-1-10(2-4-11)15(17)18-12-5-6-13-14(9-12)20-8-7-19-13/h1-6,9H,7-8H2,(H2,17,18). The SMILES string of the molecule is N=C(Nc1ccc2c(c1)OCCO2)c1ccc(F)cc1. The lowest BCUT2D eigenvalue weighted by Gasteiger charge is -2.19. The van der Waals surface area contributed by atoms with Crippen LogP contribution in [0.15, 0.2) is 42.5 Å². The Morgan fingerprint density at radius 3 is 2.45 bits per heavy atom. The Kier molecular flexibility index (Phi) is 3.25. The van der Waals surface area contributed by atoms with E-state index in [4.69, 9.17) is 14.9 Å². The summed E-state index contributed by atoms with van der Waals surface area (Å²) in [4.78, 5) is 0. The maximum atomic E-state index is 12.8. The highest BCUT2D eigenvalue weighted by molar-refractivity contribution is 6.06. The van der Waals surface area contributed by atoms with E-state index in [9.17, 15) is 4.39 Å². The van der Waals surface area contributed by atoms with Crippen molar-refractivity contribution in [1.82, 2.24) is 0 Å². The smallest absolute Gasteiger partial charge is 0.163 e. The van der Waals surface area contributed by atoms with Gasteiger partial charge in [0.2, 0.25) is 0 Å². The monoisotopic (exact) mass is 272 g/mol. The number of hydrogen-bond acceptors (Lipinski definition) is 3. The van der Waals surface area contributed by atoms with Gasteiger partial charge in [-0.1, -0.05) is 0 Å². The van der Waals surface area contributed by atoms with Crippen LogP contribution in [0, 0.1) is 11.2 Å². The number of anilines is 1. The van der Waals surface area contributed by atoms with E-state index in [1.807, 2.05) is 6.07 Å². The van der Waals surface area contributed by atoms with Gasteiger partial charge in [0, 0.05) is 17.3 Å². The number of fused-ring (bicyclic) bond motifs is 1. The minimum absolute atomic E-state index is 0.196. The fourth-order valence-corrected chi connectivity index (χ4v) is 1.95. The second-order valence-electron chi connectivity index (χ2n) is 4.37. The molecule has 0 radical (unpaired) electrons. The van der Waals surface area contributed by atoms with Gasteiger partial charge in [0.1, 0.15) is 24.9 Å². The number of amidine groups is 1. The van der Waals surface area contributed by atoms with Crippen molar-refractivity contribution in [3.63, 3.8) is 0 Å². The van der Waals surface area contributed by atoms with Crippen molar-refractivity contribution in [3.8, 4) is 11.5 Å². The van der Waals surface area contributed by atoms with Gasteiger partial charge in [-0.15, -0.1) is 0 Å². The van der Waals surface area contributed by atoms with Gasteiger partial charge in [-0.2, -0.15) is 0 Å². The van der Waals surface area contributed by atoms with Gasteiger partial charge in [0.05, 0.1) is 0 Å². The molecule has 3 rings (SSSR count). The van der Waals surface area contributed by atoms with Crippen LogP contribution in [-0.4, -0.2) is 19.0 Å². The van der Waals surface area contributed by atoms with E-state index in [1.54, 1.807) is 24.3 Å². The van der Waals surface area contributed by atoms with E-state index in [1.165, 1.54) is 12.1 Å². The molecule has 0 atom stereocenters. The molecule has 0 aromatic heterocycles. The number of halogens is 1. The van der Waals surface area contributed by atoms with E-state index in [2.05, 4.69) is 5.32 Å². The Morgan fingerprint density at radius 1 is 1.00 bits per heavy atom. The summed E-state index contributed by atoms with van der Waals surface area (Å²) in [5, 5.41) is 10.9. The molecule has 2 aromatic carbocycles. The highest BCUT2D eigenvalue weighted by atomic mass is 19.1. The van der Waals surface area contributed by atoms with E-state index < -0.39 is 0 Å². The van der Waals surface area contributed by atoms with Gasteiger partial charge < -0.3 is 14.8 Å². The molecule has 0 aliphatic carbocycles. The predicted molar refractivity (Wildman–Crippen MR) is 74.3 cm³/mol. The number of ether oxygens (including phenoxy) is 2. The largest absolute Gasteiger partial charge is 0.486 e. The molecule has 0 amide bonds. The van der Waals surface area contributed by atoms with E-state index in [0.29, 0.717) is 30.3 Å². The average Bonchev–Trinajstić information content (AvgIpc) is 2.48. The van der Waals surface area contributed by atoms with Gasteiger partial charge in [-0.05, 0) is 36.4 Å². The summed E-state index contributed by atoms with van der Waals surface area (Å²) < 4.78 is 23.8. The zero-order chi connectivity index (χ0) is 13.9. The van der Waals surface area contributed by atoms with Crippen LogP contribution < -0.4 is 14.8 Å². The van der Waals surface area contributed by atoms with E-state index in [-0.39, 0.29) is 11.7 Å². The van der Waals surface area contributed by atoms with Crippen molar-refractivity contribution in [2.75, 3.05) is 18.5 Å². The first-order valence-corrected chi connectivity index (χ1v) is 6.23. The second kappa shape index (κ2) is 5.21. The molecule has 0 unspecified atom stereocenters. The zero-order valence-corrected chi connectivity index (χ0v) is 10.7. The summed E-state index contributed by atoms with van der Waals surface area (Å²) in [7, 11) is 0. The van der Waals surface area contributed by atoms with Crippen molar-refractivity contribution in [2.45, 2.75) is 0 Å². The minimum atomic E-state index is -0.319. The normalized spacial score (nSPS) is 12.8. The lowest BCUT2D eigenvalue weighted by molar-refractivity contribution is 0.171. The number of nitrogens with one attached hydrogen (secondary N) is 2. The molecule has 0 saturated heterocycles. The molecule has 1 heterocycles. The molecule has 4 nitrogen and oxygen atoms in total. The maximum Gasteiger partial charge on any atom is 0.163 e. The summed E-state index contributed by atoms with van der Waals surface area (Å²) >= 11 is 0. The average molecular weight is 272 g/mol. The first-order valence-electron chi connectivity index (χ1n) is 6.23. The molecular weight excluding hydrogens is 259 g/mol. The summed E-state index contributed by atoms with van der Waals surface area (Å²) in [5.74, 6) is 1.24. The van der Waals surface area contributed by atoms with Crippen molar-refractivity contribution in [2.24, 2.45) is 0 Å². The van der Waals surface area contributed by atoms with Crippen molar-refractivity contribution in [1.29, 1.82) is 5.41 Å². The van der Waals surface area contributed by atoms with Crippen LogP contribution in [0.2, 0.25) is 0 Å². The van der Waals surface area contributed by atoms with Crippen LogP contribution in [0.4, 0.5) is 10.1 Å². The highest BCUT2D eigenvalue weighted by Crippen LogP contribution is 2.32. The fraction of sp³-hybridized carbons (Fsp3) is 0.133. The van der Waals surface area contributed by atoms with Gasteiger partial charge in [-0.25, -0.2) is 4.39 Å². The Hall–Kier alpha value is -2.56. The van der Waals surface area contributed by atoms with Crippen molar-refractivity contribution >= 4 is 11.5 Å². The molecule has 0 spiro atoms. The topological polar surface area (TPSA) is 54.3 Å². The molecule has 5 heteroatoms. The summed E-state index contributed by atoms with van der Waals surface area (Å²) in [6.45, 7) is 1.07. The molecule has 1 aliphatic heterocycles. The van der Waals surface area contributed by atoms with Crippen LogP contribution in [-0.2, 0) is 0 Å². The third kappa shape index (κ3) is 2.56. The molecule has 0 saturated carbocycles. The van der Waals surface area contributed by atoms with Crippen LogP contribution in [0.5, 0.6) is 11.5 Å². The quantitative estimate of drug-likeness (QED) is 0.652. The number of rotatable bonds is 2. The van der Waals surface area contributed by atoms with Gasteiger partial charge in [0.15, 0.2) is 11.5 Å². The first-order chi connectivity index (χ1) is 9.72. The molecule has 20 heavy (non-hydrogen) atoms. The molecule has 2 aromatic rings. The van der Waals surface area contributed by atoms with Crippen LogP contribution in [0.3, 0.4) is 0 Å². The van der Waals surface area contributed by atoms with Crippen LogP contribution in [0.25, 0.3) is 0 Å². The molecular formula is C15H13FN2O2.